The number of guanidine groups is 1. The van der Waals surface area contributed by atoms with Crippen LogP contribution in [0.15, 0.2) is 22.5 Å². The average Bonchev–Trinajstić information content (AvgIpc) is 3.15. The van der Waals surface area contributed by atoms with Crippen molar-refractivity contribution in [2.45, 2.75) is 50.6 Å². The van der Waals surface area contributed by atoms with Crippen molar-refractivity contribution in [3.8, 4) is 0 Å². The molecule has 1 saturated heterocycles. The number of alkyl halides is 3. The number of piperidine rings is 1. The van der Waals surface area contributed by atoms with Gasteiger partial charge in [0.25, 0.3) is 0 Å². The lowest BCUT2D eigenvalue weighted by atomic mass is 9.92. The van der Waals surface area contributed by atoms with Crippen LogP contribution < -0.4 is 10.6 Å². The minimum absolute atomic E-state index is 0.137. The summed E-state index contributed by atoms with van der Waals surface area (Å²) in [6, 6.07) is 3.93. The second-order valence-electron chi connectivity index (χ2n) is 7.32. The average molecular weight is 441 g/mol. The van der Waals surface area contributed by atoms with Crippen LogP contribution in [-0.4, -0.2) is 56.4 Å². The van der Waals surface area contributed by atoms with Crippen LogP contribution in [0.1, 0.15) is 38.5 Å². The van der Waals surface area contributed by atoms with Gasteiger partial charge in [-0.25, -0.2) is 8.42 Å². The minimum atomic E-state index is -5.26. The molecule has 0 spiro atoms. The van der Waals surface area contributed by atoms with E-state index in [1.165, 1.54) is 4.88 Å². The summed E-state index contributed by atoms with van der Waals surface area (Å²) in [7, 11) is -5.26. The Labute approximate surface area is 168 Å². The third kappa shape index (κ3) is 5.60. The van der Waals surface area contributed by atoms with Crippen molar-refractivity contribution in [1.82, 2.24) is 14.9 Å². The van der Waals surface area contributed by atoms with Gasteiger partial charge in [0.05, 0.1) is 6.54 Å². The van der Waals surface area contributed by atoms with Crippen molar-refractivity contribution in [2.75, 3.05) is 26.2 Å². The summed E-state index contributed by atoms with van der Waals surface area (Å²) in [6.07, 6.45) is 0.572. The van der Waals surface area contributed by atoms with Crippen LogP contribution in [0.4, 0.5) is 13.2 Å². The third-order valence-electron chi connectivity index (χ3n) is 4.59. The van der Waals surface area contributed by atoms with E-state index >= 15 is 0 Å². The molecule has 28 heavy (non-hydrogen) atoms. The number of hydrogen-bond donors (Lipinski definition) is 2. The Morgan fingerprint density at radius 2 is 1.96 bits per heavy atom. The molecule has 0 aliphatic carbocycles. The molecule has 0 unspecified atom stereocenters. The fraction of sp³-hybridized carbons (Fsp3) is 0.706. The predicted molar refractivity (Wildman–Crippen MR) is 106 cm³/mol. The minimum Gasteiger partial charge on any atom is -0.357 e. The van der Waals surface area contributed by atoms with Gasteiger partial charge in [0.1, 0.15) is 0 Å². The van der Waals surface area contributed by atoms with Crippen LogP contribution in [0.5, 0.6) is 0 Å². The Balaban J connectivity index is 1.97. The van der Waals surface area contributed by atoms with Gasteiger partial charge in [-0.15, -0.1) is 11.3 Å². The smallest absolute Gasteiger partial charge is 0.357 e. The van der Waals surface area contributed by atoms with Crippen molar-refractivity contribution in [1.29, 1.82) is 0 Å². The first-order chi connectivity index (χ1) is 13.0. The summed E-state index contributed by atoms with van der Waals surface area (Å²) < 4.78 is 61.6. The molecule has 2 heterocycles. The fourth-order valence-corrected chi connectivity index (χ4v) is 4.75. The molecule has 0 radical (unpaired) electrons. The molecule has 0 atom stereocenters. The van der Waals surface area contributed by atoms with Gasteiger partial charge in [-0.05, 0) is 31.2 Å². The number of rotatable bonds is 6. The molecule has 6 nitrogen and oxygen atoms in total. The lowest BCUT2D eigenvalue weighted by molar-refractivity contribution is -0.0494. The normalized spacial score (nSPS) is 18.3. The topological polar surface area (TPSA) is 73.8 Å². The van der Waals surface area contributed by atoms with Crippen LogP contribution in [-0.2, 0) is 15.4 Å². The van der Waals surface area contributed by atoms with E-state index in [0.29, 0.717) is 23.4 Å². The molecular weight excluding hydrogens is 413 g/mol. The van der Waals surface area contributed by atoms with E-state index in [0.717, 1.165) is 0 Å². The van der Waals surface area contributed by atoms with Gasteiger partial charge in [0, 0.05) is 36.0 Å². The third-order valence-corrected chi connectivity index (χ3v) is 7.46. The highest BCUT2D eigenvalue weighted by atomic mass is 32.2. The lowest BCUT2D eigenvalue weighted by Gasteiger charge is -2.32. The molecule has 1 aliphatic rings. The maximum atomic E-state index is 12.7. The molecule has 2 N–H and O–H groups in total. The number of aliphatic imine (C=N–C) groups is 1. The predicted octanol–water partition coefficient (Wildman–Crippen LogP) is 2.89. The molecule has 160 valence electrons. The SMILES string of the molecule is CCNC(=NCC(C)(C)c1cccs1)NC1CCN(S(=O)(=O)C(F)(F)F)CC1. The van der Waals surface area contributed by atoms with Gasteiger partial charge in [-0.2, -0.15) is 17.5 Å². The molecule has 1 aliphatic heterocycles. The number of thiophene rings is 1. The number of halogens is 3. The summed E-state index contributed by atoms with van der Waals surface area (Å²) >= 11 is 1.67. The van der Waals surface area contributed by atoms with Gasteiger partial charge < -0.3 is 10.6 Å². The van der Waals surface area contributed by atoms with E-state index in [1.54, 1.807) is 11.3 Å². The Morgan fingerprint density at radius 1 is 1.32 bits per heavy atom. The van der Waals surface area contributed by atoms with Crippen molar-refractivity contribution < 1.29 is 21.6 Å². The quantitative estimate of drug-likeness (QED) is 0.527. The highest BCUT2D eigenvalue weighted by Crippen LogP contribution is 2.29. The second kappa shape index (κ2) is 9.00. The molecule has 1 aromatic rings. The van der Waals surface area contributed by atoms with E-state index in [2.05, 4.69) is 35.5 Å². The second-order valence-corrected chi connectivity index (χ2v) is 10.2. The van der Waals surface area contributed by atoms with Crippen molar-refractivity contribution >= 4 is 27.3 Å². The summed E-state index contributed by atoms with van der Waals surface area (Å²) in [6.45, 7) is 6.99. The van der Waals surface area contributed by atoms with Gasteiger partial charge in [-0.3, -0.25) is 4.99 Å². The van der Waals surface area contributed by atoms with Crippen LogP contribution in [0.2, 0.25) is 0 Å². The van der Waals surface area contributed by atoms with Crippen molar-refractivity contribution in [3.63, 3.8) is 0 Å². The van der Waals surface area contributed by atoms with Gasteiger partial charge in [-0.1, -0.05) is 19.9 Å². The number of sulfonamides is 1. The van der Waals surface area contributed by atoms with Crippen LogP contribution in [0.25, 0.3) is 0 Å². The van der Waals surface area contributed by atoms with Crippen LogP contribution in [0.3, 0.4) is 0 Å². The number of hydrogen-bond acceptors (Lipinski definition) is 4. The molecule has 2 rings (SSSR count). The Hall–Kier alpha value is -1.33. The van der Waals surface area contributed by atoms with E-state index in [1.807, 2.05) is 18.4 Å². The zero-order valence-corrected chi connectivity index (χ0v) is 17.8. The maximum absolute atomic E-state index is 12.7. The summed E-state index contributed by atoms with van der Waals surface area (Å²) in [5, 5.41) is 8.39. The molecule has 0 amide bonds. The fourth-order valence-electron chi connectivity index (χ4n) is 2.92. The molecule has 1 fully saturated rings. The summed E-state index contributed by atoms with van der Waals surface area (Å²) in [5.74, 6) is 0.587. The van der Waals surface area contributed by atoms with E-state index < -0.39 is 15.5 Å². The van der Waals surface area contributed by atoms with E-state index in [-0.39, 0.29) is 37.4 Å². The Bertz CT molecular complexity index is 754. The van der Waals surface area contributed by atoms with Gasteiger partial charge >= 0.3 is 15.5 Å². The van der Waals surface area contributed by atoms with Gasteiger partial charge in [0.15, 0.2) is 5.96 Å². The number of nitrogens with one attached hydrogen (secondary N) is 2. The van der Waals surface area contributed by atoms with Crippen LogP contribution in [0, 0.1) is 0 Å². The zero-order chi connectivity index (χ0) is 21.0. The molecule has 0 saturated carbocycles. The first-order valence-electron chi connectivity index (χ1n) is 9.12. The standard InChI is InChI=1S/C17H27F3N4O2S2/c1-4-21-15(22-12-16(2,3)14-6-5-11-27-14)23-13-7-9-24(10-8-13)28(25,26)17(18,19)20/h5-6,11,13H,4,7-10,12H2,1-3H3,(H2,21,22,23). The first kappa shape index (κ1) is 23.0. The highest BCUT2D eigenvalue weighted by Gasteiger charge is 2.50. The van der Waals surface area contributed by atoms with Gasteiger partial charge in [0.2, 0.25) is 0 Å². The molecule has 1 aromatic heterocycles. The number of nitrogens with zero attached hydrogens (tertiary/aromatic N) is 2. The maximum Gasteiger partial charge on any atom is 0.511 e. The largest absolute Gasteiger partial charge is 0.511 e. The Morgan fingerprint density at radius 3 is 2.46 bits per heavy atom. The van der Waals surface area contributed by atoms with E-state index in [4.69, 9.17) is 0 Å². The molecular formula is C17H27F3N4O2S2. The van der Waals surface area contributed by atoms with Crippen molar-refractivity contribution in [3.05, 3.63) is 22.4 Å². The highest BCUT2D eigenvalue weighted by molar-refractivity contribution is 7.90. The first-order valence-corrected chi connectivity index (χ1v) is 11.4. The lowest BCUT2D eigenvalue weighted by Crippen LogP contribution is -2.51. The van der Waals surface area contributed by atoms with Crippen molar-refractivity contribution in [2.24, 2.45) is 4.99 Å². The van der Waals surface area contributed by atoms with E-state index in [9.17, 15) is 21.6 Å². The zero-order valence-electron chi connectivity index (χ0n) is 16.2. The molecule has 11 heteroatoms. The summed E-state index contributed by atoms with van der Waals surface area (Å²) in [4.78, 5) is 5.85. The summed E-state index contributed by atoms with van der Waals surface area (Å²) in [5.41, 5.74) is -5.39. The monoisotopic (exact) mass is 440 g/mol. The molecule has 0 aromatic carbocycles. The molecule has 0 bridgehead atoms. The van der Waals surface area contributed by atoms with Crippen LogP contribution >= 0.6 is 11.3 Å². The Kier molecular flexibility index (Phi) is 7.38.